The quantitative estimate of drug-likeness (QED) is 0.449. The van der Waals surface area contributed by atoms with Crippen LogP contribution in [-0.2, 0) is 6.42 Å². The number of Topliss-reactive ketones (excluding diaryl/α,β-unsaturated/α-hetero) is 1. The molecule has 1 nitrogen and oxygen atoms in total. The molecule has 0 N–H and O–H groups in total. The van der Waals surface area contributed by atoms with Crippen LogP contribution in [0.1, 0.15) is 15.9 Å². The summed E-state index contributed by atoms with van der Waals surface area (Å²) >= 11 is 6.64. The van der Waals surface area contributed by atoms with E-state index in [4.69, 9.17) is 11.6 Å². The number of halogens is 1. The Bertz CT molecular complexity index is 687. The molecule has 0 unspecified atom stereocenters. The maximum Gasteiger partial charge on any atom is 0.173 e. The molecule has 1 aliphatic rings. The van der Waals surface area contributed by atoms with Crippen molar-refractivity contribution >= 4 is 17.4 Å². The highest BCUT2D eigenvalue weighted by atomic mass is 35.5. The van der Waals surface area contributed by atoms with E-state index >= 15 is 0 Å². The van der Waals surface area contributed by atoms with Crippen molar-refractivity contribution in [3.05, 3.63) is 96.1 Å². The highest BCUT2D eigenvalue weighted by Gasteiger charge is 2.27. The molecule has 110 valence electrons. The lowest BCUT2D eigenvalue weighted by atomic mass is 9.87. The average molecular weight is 309 g/mol. The van der Waals surface area contributed by atoms with Crippen LogP contribution >= 0.6 is 11.6 Å². The van der Waals surface area contributed by atoms with E-state index < -0.39 is 4.87 Å². The van der Waals surface area contributed by atoms with Gasteiger partial charge in [-0.25, -0.2) is 0 Å². The predicted molar refractivity (Wildman–Crippen MR) is 91.3 cm³/mol. The van der Waals surface area contributed by atoms with Gasteiger partial charge < -0.3 is 0 Å². The summed E-state index contributed by atoms with van der Waals surface area (Å²) in [5, 5.41) is 0. The van der Waals surface area contributed by atoms with Gasteiger partial charge in [0.25, 0.3) is 0 Å². The van der Waals surface area contributed by atoms with E-state index in [-0.39, 0.29) is 11.7 Å². The summed E-state index contributed by atoms with van der Waals surface area (Å²) in [5.41, 5.74) is 1.91. The second-order valence-electron chi connectivity index (χ2n) is 5.56. The lowest BCUT2D eigenvalue weighted by molar-refractivity contribution is 0.0964. The molecule has 0 saturated heterocycles. The molecule has 0 bridgehead atoms. The van der Waals surface area contributed by atoms with Crippen LogP contribution in [0.3, 0.4) is 0 Å². The van der Waals surface area contributed by atoms with E-state index in [1.807, 2.05) is 72.8 Å². The van der Waals surface area contributed by atoms with E-state index in [1.54, 1.807) is 0 Å². The Balaban J connectivity index is 1.72. The Hall–Kier alpha value is -2.12. The van der Waals surface area contributed by atoms with Crippen LogP contribution in [0.5, 0.6) is 0 Å². The lowest BCUT2D eigenvalue weighted by Gasteiger charge is -2.24. The molecule has 3 rings (SSSR count). The first kappa shape index (κ1) is 14.8. The molecule has 0 aliphatic heterocycles. The summed E-state index contributed by atoms with van der Waals surface area (Å²) in [6.45, 7) is 0. The van der Waals surface area contributed by atoms with E-state index in [0.29, 0.717) is 6.42 Å². The van der Waals surface area contributed by atoms with Gasteiger partial charge >= 0.3 is 0 Å². The van der Waals surface area contributed by atoms with Crippen molar-refractivity contribution in [2.45, 2.75) is 11.3 Å². The van der Waals surface area contributed by atoms with Gasteiger partial charge in [0.2, 0.25) is 0 Å². The molecule has 0 heterocycles. The van der Waals surface area contributed by atoms with Crippen LogP contribution in [-0.4, -0.2) is 10.7 Å². The van der Waals surface area contributed by atoms with Gasteiger partial charge in [0.15, 0.2) is 5.78 Å². The van der Waals surface area contributed by atoms with E-state index in [9.17, 15) is 4.79 Å². The standard InChI is InChI=1S/C20H17ClO/c21-20(15-16-7-3-1-4-8-16)13-11-18(12-14-20)19(22)17-9-5-2-6-10-17/h1-14,18H,15H2. The molecule has 2 heteroatoms. The maximum absolute atomic E-state index is 12.4. The van der Waals surface area contributed by atoms with Crippen LogP contribution in [0, 0.1) is 5.92 Å². The second kappa shape index (κ2) is 6.33. The Morgan fingerprint density at radius 3 is 2.05 bits per heavy atom. The average Bonchev–Trinajstić information content (AvgIpc) is 2.56. The van der Waals surface area contributed by atoms with Crippen molar-refractivity contribution in [2.75, 3.05) is 0 Å². The van der Waals surface area contributed by atoms with Crippen LogP contribution in [0.4, 0.5) is 0 Å². The van der Waals surface area contributed by atoms with Gasteiger partial charge in [-0.3, -0.25) is 4.79 Å². The third-order valence-electron chi connectivity index (χ3n) is 3.84. The minimum Gasteiger partial charge on any atom is -0.293 e. The maximum atomic E-state index is 12.4. The smallest absolute Gasteiger partial charge is 0.173 e. The molecule has 0 radical (unpaired) electrons. The zero-order chi connectivity index (χ0) is 15.4. The van der Waals surface area contributed by atoms with Gasteiger partial charge in [0.05, 0.1) is 10.8 Å². The SMILES string of the molecule is O=C(c1ccccc1)C1C=CC(Cl)(Cc2ccccc2)C=C1. The summed E-state index contributed by atoms with van der Waals surface area (Å²) in [6.07, 6.45) is 8.41. The summed E-state index contributed by atoms with van der Waals surface area (Å²) in [5.74, 6) is -0.128. The normalized spacial score (nSPS) is 23.4. The first-order chi connectivity index (χ1) is 10.7. The summed E-state index contributed by atoms with van der Waals surface area (Å²) < 4.78 is 0. The van der Waals surface area contributed by atoms with E-state index in [1.165, 1.54) is 5.56 Å². The second-order valence-corrected chi connectivity index (χ2v) is 6.27. The minimum absolute atomic E-state index is 0.103. The fourth-order valence-electron chi connectivity index (χ4n) is 2.64. The van der Waals surface area contributed by atoms with Gasteiger partial charge in [-0.1, -0.05) is 85.0 Å². The number of allylic oxidation sites excluding steroid dienone is 4. The lowest BCUT2D eigenvalue weighted by Crippen LogP contribution is -2.24. The molecule has 0 aromatic heterocycles. The number of rotatable bonds is 4. The number of carbonyl (C=O) groups is 1. The molecular weight excluding hydrogens is 292 g/mol. The Morgan fingerprint density at radius 1 is 0.909 bits per heavy atom. The van der Waals surface area contributed by atoms with Crippen molar-refractivity contribution in [3.63, 3.8) is 0 Å². The van der Waals surface area contributed by atoms with Crippen LogP contribution in [0.15, 0.2) is 85.0 Å². The number of ketones is 1. The molecule has 1 aliphatic carbocycles. The third-order valence-corrected chi connectivity index (χ3v) is 4.23. The van der Waals surface area contributed by atoms with Crippen molar-refractivity contribution in [1.82, 2.24) is 0 Å². The zero-order valence-corrected chi connectivity index (χ0v) is 12.9. The first-order valence-electron chi connectivity index (χ1n) is 7.37. The molecule has 0 fully saturated rings. The van der Waals surface area contributed by atoms with Crippen LogP contribution in [0.2, 0.25) is 0 Å². The third kappa shape index (κ3) is 3.37. The Morgan fingerprint density at radius 2 is 1.45 bits per heavy atom. The fourth-order valence-corrected chi connectivity index (χ4v) is 2.94. The van der Waals surface area contributed by atoms with Crippen molar-refractivity contribution in [2.24, 2.45) is 5.92 Å². The molecular formula is C20H17ClO. The zero-order valence-electron chi connectivity index (χ0n) is 12.2. The van der Waals surface area contributed by atoms with Crippen molar-refractivity contribution in [1.29, 1.82) is 0 Å². The highest BCUT2D eigenvalue weighted by molar-refractivity contribution is 6.27. The van der Waals surface area contributed by atoms with E-state index in [0.717, 1.165) is 5.56 Å². The van der Waals surface area contributed by atoms with Crippen LogP contribution in [0.25, 0.3) is 0 Å². The molecule has 2 aromatic carbocycles. The number of hydrogen-bond acceptors (Lipinski definition) is 1. The van der Waals surface area contributed by atoms with Crippen molar-refractivity contribution in [3.8, 4) is 0 Å². The van der Waals surface area contributed by atoms with Gasteiger partial charge in [0.1, 0.15) is 0 Å². The number of hydrogen-bond donors (Lipinski definition) is 0. The molecule has 0 saturated carbocycles. The Labute approximate surface area is 135 Å². The largest absolute Gasteiger partial charge is 0.293 e. The van der Waals surface area contributed by atoms with Gasteiger partial charge in [-0.15, -0.1) is 11.6 Å². The Kier molecular flexibility index (Phi) is 4.26. The first-order valence-corrected chi connectivity index (χ1v) is 7.75. The summed E-state index contributed by atoms with van der Waals surface area (Å²) in [7, 11) is 0. The number of benzene rings is 2. The summed E-state index contributed by atoms with van der Waals surface area (Å²) in [4.78, 5) is 11.9. The van der Waals surface area contributed by atoms with Crippen molar-refractivity contribution < 1.29 is 4.79 Å². The molecule has 0 amide bonds. The van der Waals surface area contributed by atoms with Gasteiger partial charge in [-0.2, -0.15) is 0 Å². The van der Waals surface area contributed by atoms with Crippen LogP contribution < -0.4 is 0 Å². The minimum atomic E-state index is -0.547. The number of alkyl halides is 1. The monoisotopic (exact) mass is 308 g/mol. The highest BCUT2D eigenvalue weighted by Crippen LogP contribution is 2.30. The van der Waals surface area contributed by atoms with Gasteiger partial charge in [-0.05, 0) is 12.0 Å². The predicted octanol–water partition coefficient (Wildman–Crippen LogP) is 4.83. The molecule has 22 heavy (non-hydrogen) atoms. The molecule has 0 spiro atoms. The molecule has 0 atom stereocenters. The fraction of sp³-hybridized carbons (Fsp3) is 0.150. The number of carbonyl (C=O) groups excluding carboxylic acids is 1. The van der Waals surface area contributed by atoms with Gasteiger partial charge in [0, 0.05) is 5.56 Å². The summed E-state index contributed by atoms with van der Waals surface area (Å²) in [6, 6.07) is 19.5. The topological polar surface area (TPSA) is 17.1 Å². The van der Waals surface area contributed by atoms with E-state index in [2.05, 4.69) is 12.1 Å². The molecule has 2 aromatic rings.